The van der Waals surface area contributed by atoms with Crippen molar-refractivity contribution >= 4 is 22.7 Å². The number of ether oxygens (including phenoxy) is 1. The lowest BCUT2D eigenvalue weighted by Crippen LogP contribution is -2.30. The SMILES string of the molecule is COc1ccnc2cc(NC3CCN(C(=O)O)C3)ccc12. The largest absolute Gasteiger partial charge is 0.496 e. The summed E-state index contributed by atoms with van der Waals surface area (Å²) < 4.78 is 5.31. The molecule has 1 aliphatic heterocycles. The molecule has 1 atom stereocenters. The lowest BCUT2D eigenvalue weighted by atomic mass is 10.1. The monoisotopic (exact) mass is 287 g/mol. The third kappa shape index (κ3) is 2.69. The summed E-state index contributed by atoms with van der Waals surface area (Å²) in [6, 6.07) is 7.87. The van der Waals surface area contributed by atoms with Crippen LogP contribution in [0.1, 0.15) is 6.42 Å². The maximum absolute atomic E-state index is 10.9. The average molecular weight is 287 g/mol. The molecule has 1 amide bonds. The van der Waals surface area contributed by atoms with Crippen molar-refractivity contribution in [3.05, 3.63) is 30.5 Å². The van der Waals surface area contributed by atoms with Crippen molar-refractivity contribution in [3.8, 4) is 5.75 Å². The van der Waals surface area contributed by atoms with Gasteiger partial charge in [-0.1, -0.05) is 0 Å². The summed E-state index contributed by atoms with van der Waals surface area (Å²) in [6.07, 6.45) is 1.67. The van der Waals surface area contributed by atoms with Crippen LogP contribution in [0.15, 0.2) is 30.5 Å². The van der Waals surface area contributed by atoms with Gasteiger partial charge in [0.1, 0.15) is 5.75 Å². The molecule has 6 heteroatoms. The Morgan fingerprint density at radius 2 is 2.33 bits per heavy atom. The highest BCUT2D eigenvalue weighted by Gasteiger charge is 2.25. The summed E-state index contributed by atoms with van der Waals surface area (Å²) in [7, 11) is 1.64. The van der Waals surface area contributed by atoms with Crippen LogP contribution >= 0.6 is 0 Å². The zero-order chi connectivity index (χ0) is 14.8. The second-order valence-electron chi connectivity index (χ2n) is 5.10. The Labute approximate surface area is 122 Å². The molecule has 1 aromatic carbocycles. The summed E-state index contributed by atoms with van der Waals surface area (Å²) in [5, 5.41) is 13.3. The van der Waals surface area contributed by atoms with Crippen LogP contribution in [0.5, 0.6) is 5.75 Å². The smallest absolute Gasteiger partial charge is 0.407 e. The Hall–Kier alpha value is -2.50. The predicted octanol–water partition coefficient (Wildman–Crippen LogP) is 2.41. The molecule has 0 bridgehead atoms. The Morgan fingerprint density at radius 3 is 3.05 bits per heavy atom. The number of anilines is 1. The van der Waals surface area contributed by atoms with Gasteiger partial charge in [0.15, 0.2) is 0 Å². The molecule has 21 heavy (non-hydrogen) atoms. The van der Waals surface area contributed by atoms with Crippen molar-refractivity contribution in [2.24, 2.45) is 0 Å². The second kappa shape index (κ2) is 5.47. The third-order valence-electron chi connectivity index (χ3n) is 3.75. The van der Waals surface area contributed by atoms with Gasteiger partial charge < -0.3 is 20.1 Å². The number of carbonyl (C=O) groups is 1. The number of nitrogens with zero attached hydrogens (tertiary/aromatic N) is 2. The predicted molar refractivity (Wildman–Crippen MR) is 79.9 cm³/mol. The highest BCUT2D eigenvalue weighted by Crippen LogP contribution is 2.26. The number of hydrogen-bond acceptors (Lipinski definition) is 4. The number of hydrogen-bond donors (Lipinski definition) is 2. The van der Waals surface area contributed by atoms with Crippen LogP contribution in [-0.4, -0.2) is 47.3 Å². The molecule has 2 N–H and O–H groups in total. The van der Waals surface area contributed by atoms with E-state index in [1.165, 1.54) is 4.90 Å². The van der Waals surface area contributed by atoms with Gasteiger partial charge in [0.05, 0.1) is 12.6 Å². The number of nitrogens with one attached hydrogen (secondary N) is 1. The fourth-order valence-electron chi connectivity index (χ4n) is 2.68. The first-order chi connectivity index (χ1) is 10.2. The molecule has 1 unspecified atom stereocenters. The molecule has 2 heterocycles. The molecule has 6 nitrogen and oxygen atoms in total. The van der Waals surface area contributed by atoms with E-state index in [9.17, 15) is 4.79 Å². The van der Waals surface area contributed by atoms with Crippen molar-refractivity contribution < 1.29 is 14.6 Å². The summed E-state index contributed by atoms with van der Waals surface area (Å²) in [4.78, 5) is 16.7. The summed E-state index contributed by atoms with van der Waals surface area (Å²) in [5.74, 6) is 0.796. The molecule has 1 aliphatic rings. The van der Waals surface area contributed by atoms with Crippen LogP contribution in [0.2, 0.25) is 0 Å². The van der Waals surface area contributed by atoms with E-state index in [1.54, 1.807) is 13.3 Å². The van der Waals surface area contributed by atoms with Gasteiger partial charge in [-0.15, -0.1) is 0 Å². The van der Waals surface area contributed by atoms with Gasteiger partial charge >= 0.3 is 6.09 Å². The van der Waals surface area contributed by atoms with Gasteiger partial charge in [-0.2, -0.15) is 0 Å². The number of amides is 1. The van der Waals surface area contributed by atoms with Crippen LogP contribution in [-0.2, 0) is 0 Å². The highest BCUT2D eigenvalue weighted by atomic mass is 16.5. The van der Waals surface area contributed by atoms with Crippen molar-refractivity contribution in [2.75, 3.05) is 25.5 Å². The first-order valence-corrected chi connectivity index (χ1v) is 6.84. The topological polar surface area (TPSA) is 74.7 Å². The number of rotatable bonds is 3. The first kappa shape index (κ1) is 13.5. The summed E-state index contributed by atoms with van der Waals surface area (Å²) >= 11 is 0. The normalized spacial score (nSPS) is 18.0. The fraction of sp³-hybridized carbons (Fsp3) is 0.333. The van der Waals surface area contributed by atoms with Gasteiger partial charge in [0.25, 0.3) is 0 Å². The Bertz CT molecular complexity index is 674. The molecule has 1 saturated heterocycles. The number of fused-ring (bicyclic) bond motifs is 1. The van der Waals surface area contributed by atoms with Crippen molar-refractivity contribution in [2.45, 2.75) is 12.5 Å². The highest BCUT2D eigenvalue weighted by molar-refractivity contribution is 5.87. The summed E-state index contributed by atoms with van der Waals surface area (Å²) in [6.45, 7) is 1.09. The van der Waals surface area contributed by atoms with E-state index < -0.39 is 6.09 Å². The minimum absolute atomic E-state index is 0.143. The number of likely N-dealkylation sites (tertiary alicyclic amines) is 1. The van der Waals surface area contributed by atoms with Crippen molar-refractivity contribution in [1.82, 2.24) is 9.88 Å². The fourth-order valence-corrected chi connectivity index (χ4v) is 2.68. The molecule has 1 fully saturated rings. The lowest BCUT2D eigenvalue weighted by molar-refractivity contribution is 0.155. The molecular weight excluding hydrogens is 270 g/mol. The van der Waals surface area contributed by atoms with E-state index in [4.69, 9.17) is 9.84 Å². The molecule has 2 aromatic rings. The van der Waals surface area contributed by atoms with Gasteiger partial charge in [0.2, 0.25) is 0 Å². The van der Waals surface area contributed by atoms with Crippen LogP contribution < -0.4 is 10.1 Å². The van der Waals surface area contributed by atoms with Gasteiger partial charge in [-0.3, -0.25) is 4.98 Å². The molecule has 0 radical (unpaired) electrons. The Kier molecular flexibility index (Phi) is 3.51. The first-order valence-electron chi connectivity index (χ1n) is 6.84. The van der Waals surface area contributed by atoms with Crippen molar-refractivity contribution in [1.29, 1.82) is 0 Å². The molecule has 110 valence electrons. The molecule has 0 aliphatic carbocycles. The van der Waals surface area contributed by atoms with Crippen LogP contribution in [0.25, 0.3) is 10.9 Å². The number of aromatic nitrogens is 1. The Balaban J connectivity index is 1.78. The van der Waals surface area contributed by atoms with Crippen molar-refractivity contribution in [3.63, 3.8) is 0 Å². The van der Waals surface area contributed by atoms with Gasteiger partial charge in [-0.05, 0) is 30.7 Å². The molecule has 1 aromatic heterocycles. The summed E-state index contributed by atoms with van der Waals surface area (Å²) in [5.41, 5.74) is 1.80. The van der Waals surface area contributed by atoms with E-state index in [1.807, 2.05) is 24.3 Å². The minimum atomic E-state index is -0.857. The molecule has 3 rings (SSSR count). The number of benzene rings is 1. The average Bonchev–Trinajstić information content (AvgIpc) is 2.95. The Morgan fingerprint density at radius 1 is 1.48 bits per heavy atom. The van der Waals surface area contributed by atoms with Gasteiger partial charge in [0, 0.05) is 36.4 Å². The quantitative estimate of drug-likeness (QED) is 0.906. The van der Waals surface area contributed by atoms with E-state index >= 15 is 0 Å². The number of methoxy groups -OCH3 is 1. The maximum atomic E-state index is 10.9. The van der Waals surface area contributed by atoms with E-state index in [-0.39, 0.29) is 6.04 Å². The van der Waals surface area contributed by atoms with E-state index in [0.29, 0.717) is 13.1 Å². The second-order valence-corrected chi connectivity index (χ2v) is 5.10. The molecule has 0 spiro atoms. The standard InChI is InChI=1S/C15H17N3O3/c1-21-14-4-6-16-13-8-10(2-3-12(13)14)17-11-5-7-18(9-11)15(19)20/h2-4,6,8,11,17H,5,7,9H2,1H3,(H,19,20). The van der Waals surface area contributed by atoms with Crippen LogP contribution in [0.3, 0.4) is 0 Å². The van der Waals surface area contributed by atoms with E-state index in [0.717, 1.165) is 28.8 Å². The van der Waals surface area contributed by atoms with Crippen LogP contribution in [0.4, 0.5) is 10.5 Å². The molecular formula is C15H17N3O3. The molecule has 0 saturated carbocycles. The van der Waals surface area contributed by atoms with Crippen LogP contribution in [0, 0.1) is 0 Å². The zero-order valence-corrected chi connectivity index (χ0v) is 11.7. The van der Waals surface area contributed by atoms with E-state index in [2.05, 4.69) is 10.3 Å². The number of carboxylic acid groups (broad SMARTS) is 1. The third-order valence-corrected chi connectivity index (χ3v) is 3.75. The van der Waals surface area contributed by atoms with Gasteiger partial charge in [-0.25, -0.2) is 4.79 Å². The zero-order valence-electron chi connectivity index (χ0n) is 11.7. The number of pyridine rings is 1. The lowest BCUT2D eigenvalue weighted by Gasteiger charge is -2.15. The maximum Gasteiger partial charge on any atom is 0.407 e. The minimum Gasteiger partial charge on any atom is -0.496 e.